The first-order chi connectivity index (χ1) is 9.35. The van der Waals surface area contributed by atoms with E-state index in [0.29, 0.717) is 18.8 Å². The molecule has 0 spiro atoms. The molecule has 1 aromatic heterocycles. The third kappa shape index (κ3) is 2.85. The number of amidine groups is 1. The van der Waals surface area contributed by atoms with Gasteiger partial charge in [-0.25, -0.2) is 18.1 Å². The molecular formula is C12H21N5O2S. The van der Waals surface area contributed by atoms with Crippen LogP contribution in [0.5, 0.6) is 0 Å². The van der Waals surface area contributed by atoms with Crippen molar-refractivity contribution in [1.82, 2.24) is 14.3 Å². The number of aryl methyl sites for hydroxylation is 2. The number of nitrogens with two attached hydrogens (primary N) is 1. The average Bonchev–Trinajstić information content (AvgIpc) is 2.95. The summed E-state index contributed by atoms with van der Waals surface area (Å²) in [5.74, 6) is 0.506. The Kier molecular flexibility index (Phi) is 4.14. The normalized spacial score (nSPS) is 23.1. The van der Waals surface area contributed by atoms with E-state index in [2.05, 4.69) is 9.71 Å². The number of nitrogens with zero attached hydrogens (tertiary/aromatic N) is 2. The molecule has 7 nitrogen and oxygen atoms in total. The Balaban J connectivity index is 2.20. The first-order valence-corrected chi connectivity index (χ1v) is 8.23. The number of nitrogens with one attached hydrogen (secondary N) is 2. The molecule has 1 aliphatic carbocycles. The van der Waals surface area contributed by atoms with Crippen LogP contribution in [-0.4, -0.2) is 29.8 Å². The van der Waals surface area contributed by atoms with E-state index >= 15 is 0 Å². The molecule has 1 aromatic rings. The lowest BCUT2D eigenvalue weighted by Crippen LogP contribution is -2.42. The summed E-state index contributed by atoms with van der Waals surface area (Å²) in [4.78, 5) is 4.09. The van der Waals surface area contributed by atoms with Crippen LogP contribution in [0.4, 0.5) is 0 Å². The molecular weight excluding hydrogens is 278 g/mol. The topological polar surface area (TPSA) is 114 Å². The van der Waals surface area contributed by atoms with E-state index in [-0.39, 0.29) is 22.8 Å². The van der Waals surface area contributed by atoms with Gasteiger partial charge in [-0.3, -0.25) is 5.41 Å². The summed E-state index contributed by atoms with van der Waals surface area (Å²) in [6.45, 7) is 4.38. The van der Waals surface area contributed by atoms with Gasteiger partial charge in [0.1, 0.15) is 5.82 Å². The molecule has 1 saturated carbocycles. The number of hydrogen-bond acceptors (Lipinski definition) is 4. The Hall–Kier alpha value is -1.41. The molecule has 0 saturated heterocycles. The van der Waals surface area contributed by atoms with Gasteiger partial charge in [-0.15, -0.1) is 0 Å². The third-order valence-electron chi connectivity index (χ3n) is 3.79. The van der Waals surface area contributed by atoms with Crippen LogP contribution in [0, 0.1) is 18.3 Å². The summed E-state index contributed by atoms with van der Waals surface area (Å²) in [5, 5.41) is 7.56. The maximum absolute atomic E-state index is 12.3. The Morgan fingerprint density at radius 2 is 2.30 bits per heavy atom. The van der Waals surface area contributed by atoms with E-state index in [1.165, 1.54) is 6.20 Å². The summed E-state index contributed by atoms with van der Waals surface area (Å²) in [5.41, 5.74) is 5.52. The fourth-order valence-electron chi connectivity index (χ4n) is 2.66. The van der Waals surface area contributed by atoms with Crippen LogP contribution in [0.1, 0.15) is 32.0 Å². The standard InChI is InChI=1S/C12H21N5O2S/c1-3-17-7-11(15-8(17)2)20(18,19)16-10-6-4-5-9(10)12(13)14/h7,9-10,16H,3-6H2,1-2H3,(H3,13,14). The molecule has 1 fully saturated rings. The summed E-state index contributed by atoms with van der Waals surface area (Å²) in [6, 6.07) is -0.301. The number of hydrogen-bond donors (Lipinski definition) is 3. The highest BCUT2D eigenvalue weighted by atomic mass is 32.2. The van der Waals surface area contributed by atoms with Crippen LogP contribution in [0.2, 0.25) is 0 Å². The fourth-order valence-corrected chi connectivity index (χ4v) is 3.98. The lowest BCUT2D eigenvalue weighted by atomic mass is 10.0. The molecule has 2 atom stereocenters. The van der Waals surface area contributed by atoms with Crippen LogP contribution in [0.3, 0.4) is 0 Å². The third-order valence-corrected chi connectivity index (χ3v) is 5.15. The van der Waals surface area contributed by atoms with Crippen molar-refractivity contribution in [3.8, 4) is 0 Å². The number of imidazole rings is 1. The molecule has 0 bridgehead atoms. The van der Waals surface area contributed by atoms with Crippen molar-refractivity contribution in [2.45, 2.75) is 50.7 Å². The van der Waals surface area contributed by atoms with E-state index < -0.39 is 10.0 Å². The molecule has 0 amide bonds. The van der Waals surface area contributed by atoms with Crippen LogP contribution < -0.4 is 10.5 Å². The summed E-state index contributed by atoms with van der Waals surface area (Å²) >= 11 is 0. The zero-order valence-corrected chi connectivity index (χ0v) is 12.6. The van der Waals surface area contributed by atoms with Gasteiger partial charge in [-0.1, -0.05) is 6.42 Å². The molecule has 0 aromatic carbocycles. The highest BCUT2D eigenvalue weighted by Crippen LogP contribution is 2.26. The van der Waals surface area contributed by atoms with Crippen LogP contribution in [0.15, 0.2) is 11.2 Å². The zero-order valence-electron chi connectivity index (χ0n) is 11.8. The van der Waals surface area contributed by atoms with Crippen molar-refractivity contribution in [1.29, 1.82) is 5.41 Å². The number of rotatable bonds is 5. The molecule has 8 heteroatoms. The minimum absolute atomic E-state index is 0.0334. The van der Waals surface area contributed by atoms with E-state index in [0.717, 1.165) is 12.8 Å². The second-order valence-electron chi connectivity index (χ2n) is 5.13. The second-order valence-corrected chi connectivity index (χ2v) is 6.79. The summed E-state index contributed by atoms with van der Waals surface area (Å²) < 4.78 is 29.1. The Morgan fingerprint density at radius 1 is 1.60 bits per heavy atom. The molecule has 4 N–H and O–H groups in total. The van der Waals surface area contributed by atoms with Crippen LogP contribution in [-0.2, 0) is 16.6 Å². The van der Waals surface area contributed by atoms with Gasteiger partial charge < -0.3 is 10.3 Å². The van der Waals surface area contributed by atoms with Gasteiger partial charge in [0.2, 0.25) is 0 Å². The van der Waals surface area contributed by atoms with Crippen LogP contribution in [0.25, 0.3) is 0 Å². The van der Waals surface area contributed by atoms with Crippen molar-refractivity contribution in [2.24, 2.45) is 11.7 Å². The smallest absolute Gasteiger partial charge is 0.259 e. The van der Waals surface area contributed by atoms with Gasteiger partial charge in [0.05, 0.1) is 5.84 Å². The highest BCUT2D eigenvalue weighted by Gasteiger charge is 2.33. The lowest BCUT2D eigenvalue weighted by Gasteiger charge is -2.18. The number of sulfonamides is 1. The van der Waals surface area contributed by atoms with Gasteiger partial charge in [-0.05, 0) is 26.7 Å². The van der Waals surface area contributed by atoms with E-state index in [1.807, 2.05) is 6.92 Å². The molecule has 0 radical (unpaired) electrons. The van der Waals surface area contributed by atoms with Gasteiger partial charge in [0.15, 0.2) is 5.03 Å². The first-order valence-electron chi connectivity index (χ1n) is 6.75. The van der Waals surface area contributed by atoms with Crippen molar-refractivity contribution < 1.29 is 8.42 Å². The molecule has 112 valence electrons. The molecule has 2 rings (SSSR count). The Labute approximate surface area is 119 Å². The van der Waals surface area contributed by atoms with Gasteiger partial charge in [0.25, 0.3) is 10.0 Å². The van der Waals surface area contributed by atoms with Crippen molar-refractivity contribution in [3.63, 3.8) is 0 Å². The van der Waals surface area contributed by atoms with E-state index in [1.54, 1.807) is 11.5 Å². The predicted molar refractivity (Wildman–Crippen MR) is 76.0 cm³/mol. The maximum Gasteiger partial charge on any atom is 0.259 e. The summed E-state index contributed by atoms with van der Waals surface area (Å²) in [7, 11) is -3.66. The number of aromatic nitrogens is 2. The monoisotopic (exact) mass is 299 g/mol. The fraction of sp³-hybridized carbons (Fsp3) is 0.667. The average molecular weight is 299 g/mol. The maximum atomic E-state index is 12.3. The van der Waals surface area contributed by atoms with Crippen molar-refractivity contribution >= 4 is 15.9 Å². The quantitative estimate of drug-likeness (QED) is 0.545. The van der Waals surface area contributed by atoms with Gasteiger partial charge in [-0.2, -0.15) is 0 Å². The van der Waals surface area contributed by atoms with Crippen molar-refractivity contribution in [3.05, 3.63) is 12.0 Å². The SMILES string of the molecule is CCn1cc(S(=O)(=O)NC2CCCC2C(=N)N)nc1C. The predicted octanol–water partition coefficient (Wildman–Crippen LogP) is 0.594. The molecule has 2 unspecified atom stereocenters. The Morgan fingerprint density at radius 3 is 2.85 bits per heavy atom. The first kappa shape index (κ1) is 15.0. The second kappa shape index (κ2) is 5.53. The van der Waals surface area contributed by atoms with E-state index in [9.17, 15) is 8.42 Å². The van der Waals surface area contributed by atoms with E-state index in [4.69, 9.17) is 11.1 Å². The lowest BCUT2D eigenvalue weighted by molar-refractivity contribution is 0.519. The van der Waals surface area contributed by atoms with Gasteiger partial charge in [0, 0.05) is 24.7 Å². The minimum atomic E-state index is -3.66. The Bertz CT molecular complexity index is 607. The molecule has 20 heavy (non-hydrogen) atoms. The van der Waals surface area contributed by atoms with Crippen molar-refractivity contribution in [2.75, 3.05) is 0 Å². The summed E-state index contributed by atoms with van der Waals surface area (Å²) in [6.07, 6.45) is 3.87. The zero-order chi connectivity index (χ0) is 14.9. The van der Waals surface area contributed by atoms with Gasteiger partial charge >= 0.3 is 0 Å². The largest absolute Gasteiger partial charge is 0.387 e. The molecule has 1 heterocycles. The van der Waals surface area contributed by atoms with Crippen LogP contribution >= 0.6 is 0 Å². The molecule has 0 aliphatic heterocycles. The highest BCUT2D eigenvalue weighted by molar-refractivity contribution is 7.89. The molecule has 1 aliphatic rings. The minimum Gasteiger partial charge on any atom is -0.387 e.